The zero-order valence-corrected chi connectivity index (χ0v) is 16.6. The predicted octanol–water partition coefficient (Wildman–Crippen LogP) is 4.08. The summed E-state index contributed by atoms with van der Waals surface area (Å²) in [5, 5.41) is 15.9. The highest BCUT2D eigenvalue weighted by atomic mass is 35.5. The van der Waals surface area contributed by atoms with Gasteiger partial charge in [-0.2, -0.15) is 9.61 Å². The number of aromatic nitrogens is 4. The highest BCUT2D eigenvalue weighted by Crippen LogP contribution is 2.25. The normalized spacial score (nSPS) is 10.9. The number of nitrogens with one attached hydrogen (secondary N) is 1. The summed E-state index contributed by atoms with van der Waals surface area (Å²) in [6, 6.07) is 16.6. The molecule has 4 rings (SSSR count). The van der Waals surface area contributed by atoms with Gasteiger partial charge in [0.15, 0.2) is 18.1 Å². The standard InChI is InChI=1S/C21H18ClN5O2/c1-13-6-7-17(22)19(10-13)29-12-21(28)23-16-5-3-4-15(11-16)18-8-9-20-25-24-14(2)27(20)26-18/h3-11H,12H2,1-2H3,(H,23,28). The topological polar surface area (TPSA) is 81.4 Å². The Bertz CT molecular complexity index is 1200. The lowest BCUT2D eigenvalue weighted by atomic mass is 10.1. The lowest BCUT2D eigenvalue weighted by Gasteiger charge is -2.10. The van der Waals surface area contributed by atoms with Crippen molar-refractivity contribution < 1.29 is 9.53 Å². The lowest BCUT2D eigenvalue weighted by Crippen LogP contribution is -2.20. The van der Waals surface area contributed by atoms with Crippen LogP contribution in [0.25, 0.3) is 16.9 Å². The fourth-order valence-electron chi connectivity index (χ4n) is 2.87. The maximum atomic E-state index is 12.3. The average Bonchev–Trinajstić information content (AvgIpc) is 3.09. The van der Waals surface area contributed by atoms with Crippen LogP contribution in [-0.2, 0) is 4.79 Å². The van der Waals surface area contributed by atoms with Crippen molar-refractivity contribution in [3.63, 3.8) is 0 Å². The van der Waals surface area contributed by atoms with Crippen molar-refractivity contribution in [2.24, 2.45) is 0 Å². The van der Waals surface area contributed by atoms with Crippen LogP contribution in [0.1, 0.15) is 11.4 Å². The van der Waals surface area contributed by atoms with Gasteiger partial charge in [0.05, 0.1) is 10.7 Å². The molecule has 2 aromatic carbocycles. The molecule has 0 aliphatic rings. The van der Waals surface area contributed by atoms with Gasteiger partial charge < -0.3 is 10.1 Å². The van der Waals surface area contributed by atoms with Crippen LogP contribution in [0, 0.1) is 13.8 Å². The summed E-state index contributed by atoms with van der Waals surface area (Å²) < 4.78 is 7.23. The molecule has 0 atom stereocenters. The largest absolute Gasteiger partial charge is 0.482 e. The summed E-state index contributed by atoms with van der Waals surface area (Å²) in [6.45, 7) is 3.63. The monoisotopic (exact) mass is 407 g/mol. The first-order chi connectivity index (χ1) is 14.0. The second-order valence-electron chi connectivity index (χ2n) is 6.59. The molecule has 2 aromatic heterocycles. The van der Waals surface area contributed by atoms with Gasteiger partial charge >= 0.3 is 0 Å². The summed E-state index contributed by atoms with van der Waals surface area (Å²) in [5.41, 5.74) is 3.95. The maximum Gasteiger partial charge on any atom is 0.262 e. The molecular weight excluding hydrogens is 390 g/mol. The first-order valence-corrected chi connectivity index (χ1v) is 9.36. The highest BCUT2D eigenvalue weighted by molar-refractivity contribution is 6.32. The van der Waals surface area contributed by atoms with Gasteiger partial charge in [0, 0.05) is 11.3 Å². The van der Waals surface area contributed by atoms with Gasteiger partial charge in [-0.25, -0.2) is 0 Å². The Balaban J connectivity index is 1.47. The molecule has 8 heteroatoms. The number of nitrogens with zero attached hydrogens (tertiary/aromatic N) is 4. The predicted molar refractivity (Wildman–Crippen MR) is 111 cm³/mol. The number of hydrogen-bond donors (Lipinski definition) is 1. The summed E-state index contributed by atoms with van der Waals surface area (Å²) in [7, 11) is 0. The molecule has 7 nitrogen and oxygen atoms in total. The third kappa shape index (κ3) is 4.20. The molecule has 0 aliphatic carbocycles. The third-order valence-electron chi connectivity index (χ3n) is 4.31. The van der Waals surface area contributed by atoms with E-state index in [2.05, 4.69) is 20.6 Å². The Labute approximate surface area is 172 Å². The molecule has 4 aromatic rings. The minimum atomic E-state index is -0.280. The zero-order chi connectivity index (χ0) is 20.4. The van der Waals surface area contributed by atoms with Crippen molar-refractivity contribution >= 4 is 28.8 Å². The average molecular weight is 408 g/mol. The van der Waals surface area contributed by atoms with Crippen LogP contribution >= 0.6 is 11.6 Å². The van der Waals surface area contributed by atoms with Crippen molar-refractivity contribution in [1.82, 2.24) is 19.8 Å². The Morgan fingerprint density at radius 2 is 1.97 bits per heavy atom. The number of anilines is 1. The maximum absolute atomic E-state index is 12.3. The number of ether oxygens (including phenoxy) is 1. The highest BCUT2D eigenvalue weighted by Gasteiger charge is 2.09. The van der Waals surface area contributed by atoms with Crippen molar-refractivity contribution in [2.75, 3.05) is 11.9 Å². The minimum absolute atomic E-state index is 0.141. The first-order valence-electron chi connectivity index (χ1n) is 8.98. The second kappa shape index (κ2) is 7.89. The molecule has 0 aliphatic heterocycles. The fourth-order valence-corrected chi connectivity index (χ4v) is 3.04. The molecule has 1 N–H and O–H groups in total. The van der Waals surface area contributed by atoms with Gasteiger partial charge in [-0.15, -0.1) is 10.2 Å². The van der Waals surface area contributed by atoms with E-state index in [0.29, 0.717) is 27.9 Å². The number of fused-ring (bicyclic) bond motifs is 1. The molecule has 146 valence electrons. The minimum Gasteiger partial charge on any atom is -0.482 e. The van der Waals surface area contributed by atoms with Crippen LogP contribution in [-0.4, -0.2) is 32.3 Å². The Hall–Kier alpha value is -3.45. The molecule has 0 fully saturated rings. The SMILES string of the molecule is Cc1ccc(Cl)c(OCC(=O)Nc2cccc(-c3ccc4nnc(C)n4n3)c2)c1. The Morgan fingerprint density at radius 3 is 2.83 bits per heavy atom. The van der Waals surface area contributed by atoms with Crippen molar-refractivity contribution in [3.05, 3.63) is 71.0 Å². The van der Waals surface area contributed by atoms with Crippen molar-refractivity contribution in [1.29, 1.82) is 0 Å². The number of benzene rings is 2. The van der Waals surface area contributed by atoms with Gasteiger partial charge in [-0.3, -0.25) is 4.79 Å². The van der Waals surface area contributed by atoms with E-state index >= 15 is 0 Å². The molecule has 29 heavy (non-hydrogen) atoms. The summed E-state index contributed by atoms with van der Waals surface area (Å²) >= 11 is 6.10. The van der Waals surface area contributed by atoms with E-state index in [0.717, 1.165) is 16.8 Å². The van der Waals surface area contributed by atoms with Crippen molar-refractivity contribution in [3.8, 4) is 17.0 Å². The fraction of sp³-hybridized carbons (Fsp3) is 0.143. The van der Waals surface area contributed by atoms with Crippen LogP contribution in [0.4, 0.5) is 5.69 Å². The van der Waals surface area contributed by atoms with Crippen LogP contribution in [0.15, 0.2) is 54.6 Å². The second-order valence-corrected chi connectivity index (χ2v) is 6.99. The third-order valence-corrected chi connectivity index (χ3v) is 4.62. The van der Waals surface area contributed by atoms with E-state index < -0.39 is 0 Å². The van der Waals surface area contributed by atoms with E-state index in [-0.39, 0.29) is 12.5 Å². The number of amides is 1. The van der Waals surface area contributed by atoms with E-state index in [4.69, 9.17) is 16.3 Å². The van der Waals surface area contributed by atoms with E-state index in [9.17, 15) is 4.79 Å². The number of halogens is 1. The van der Waals surface area contributed by atoms with Crippen LogP contribution in [0.2, 0.25) is 5.02 Å². The van der Waals surface area contributed by atoms with Crippen LogP contribution in [0.3, 0.4) is 0 Å². The van der Waals surface area contributed by atoms with Gasteiger partial charge in [0.1, 0.15) is 5.75 Å². The summed E-state index contributed by atoms with van der Waals surface area (Å²) in [4.78, 5) is 12.3. The van der Waals surface area contributed by atoms with E-state index in [1.54, 1.807) is 16.6 Å². The molecular formula is C21H18ClN5O2. The van der Waals surface area contributed by atoms with Crippen LogP contribution < -0.4 is 10.1 Å². The molecule has 0 radical (unpaired) electrons. The molecule has 0 saturated heterocycles. The van der Waals surface area contributed by atoms with E-state index in [1.165, 1.54) is 0 Å². The lowest BCUT2D eigenvalue weighted by molar-refractivity contribution is -0.118. The molecule has 0 bridgehead atoms. The number of carbonyl (C=O) groups excluding carboxylic acids is 1. The smallest absolute Gasteiger partial charge is 0.262 e. The zero-order valence-electron chi connectivity index (χ0n) is 15.9. The van der Waals surface area contributed by atoms with Gasteiger partial charge in [0.2, 0.25) is 0 Å². The van der Waals surface area contributed by atoms with Crippen molar-refractivity contribution in [2.45, 2.75) is 13.8 Å². The summed E-state index contributed by atoms with van der Waals surface area (Å²) in [6.07, 6.45) is 0. The molecule has 0 saturated carbocycles. The van der Waals surface area contributed by atoms with E-state index in [1.807, 2.05) is 56.3 Å². The molecule has 1 amide bonds. The number of aryl methyl sites for hydroxylation is 2. The van der Waals surface area contributed by atoms with Gasteiger partial charge in [0.25, 0.3) is 5.91 Å². The molecule has 2 heterocycles. The van der Waals surface area contributed by atoms with Crippen LogP contribution in [0.5, 0.6) is 5.75 Å². The number of carbonyl (C=O) groups is 1. The summed E-state index contributed by atoms with van der Waals surface area (Å²) in [5.74, 6) is 0.911. The Morgan fingerprint density at radius 1 is 1.10 bits per heavy atom. The number of hydrogen-bond acceptors (Lipinski definition) is 5. The first kappa shape index (κ1) is 18.9. The number of rotatable bonds is 5. The molecule has 0 spiro atoms. The van der Waals surface area contributed by atoms with Gasteiger partial charge in [-0.05, 0) is 55.8 Å². The Kier molecular flexibility index (Phi) is 5.14. The quantitative estimate of drug-likeness (QED) is 0.539. The van der Waals surface area contributed by atoms with Gasteiger partial charge in [-0.1, -0.05) is 29.8 Å². The molecule has 0 unspecified atom stereocenters.